The highest BCUT2D eigenvalue weighted by atomic mass is 35.5. The maximum absolute atomic E-state index is 13.4. The fourth-order valence-electron chi connectivity index (χ4n) is 3.47. The number of alkyl halides is 3. The van der Waals surface area contributed by atoms with Crippen LogP contribution in [0.3, 0.4) is 0 Å². The molecule has 1 heterocycles. The molecule has 0 saturated carbocycles. The first-order valence-electron chi connectivity index (χ1n) is 11.0. The molecule has 2 aromatic rings. The van der Waals surface area contributed by atoms with Crippen LogP contribution in [0.5, 0.6) is 11.5 Å². The van der Waals surface area contributed by atoms with Crippen LogP contribution in [-0.2, 0) is 9.59 Å². The van der Waals surface area contributed by atoms with Crippen molar-refractivity contribution < 1.29 is 36.6 Å². The van der Waals surface area contributed by atoms with Crippen molar-refractivity contribution in [2.75, 3.05) is 19.7 Å². The van der Waals surface area contributed by atoms with Crippen LogP contribution in [0.15, 0.2) is 48.7 Å². The van der Waals surface area contributed by atoms with Crippen molar-refractivity contribution in [1.82, 2.24) is 16.0 Å². The Kier molecular flexibility index (Phi) is 9.63. The Balaban J connectivity index is 1.46. The lowest BCUT2D eigenvalue weighted by Gasteiger charge is -2.32. The highest BCUT2D eigenvalue weighted by Gasteiger charge is 2.36. The normalized spacial score (nSPS) is 16.8. The van der Waals surface area contributed by atoms with Gasteiger partial charge in [-0.05, 0) is 30.3 Å². The molecular weight excluding hydrogens is 541 g/mol. The minimum atomic E-state index is -4.44. The molecule has 0 aliphatic carbocycles. The first-order chi connectivity index (χ1) is 17.4. The van der Waals surface area contributed by atoms with Crippen molar-refractivity contribution in [3.05, 3.63) is 70.1 Å². The van der Waals surface area contributed by atoms with Crippen LogP contribution in [0, 0.1) is 5.82 Å². The van der Waals surface area contributed by atoms with E-state index in [4.69, 9.17) is 32.7 Å². The SMILES string of the molecule is C=C(CCNC(=O)COc1ccc(Cl)c(F)c1)NC(=O)[C@@H]1C[C@@H](NCC(F)(F)F)c2cc(Cl)ccc2O1. The highest BCUT2D eigenvalue weighted by Crippen LogP contribution is 2.37. The van der Waals surface area contributed by atoms with Crippen molar-refractivity contribution in [3.8, 4) is 11.5 Å². The average molecular weight is 564 g/mol. The lowest BCUT2D eigenvalue weighted by molar-refractivity contribution is -0.130. The van der Waals surface area contributed by atoms with E-state index in [-0.39, 0.29) is 48.2 Å². The second kappa shape index (κ2) is 12.5. The van der Waals surface area contributed by atoms with Crippen molar-refractivity contribution in [2.45, 2.75) is 31.2 Å². The van der Waals surface area contributed by atoms with Crippen LogP contribution in [0.1, 0.15) is 24.4 Å². The third-order valence-electron chi connectivity index (χ3n) is 5.22. The van der Waals surface area contributed by atoms with Gasteiger partial charge in [0.25, 0.3) is 11.8 Å². The molecule has 200 valence electrons. The van der Waals surface area contributed by atoms with E-state index in [2.05, 4.69) is 22.5 Å². The molecule has 7 nitrogen and oxygen atoms in total. The van der Waals surface area contributed by atoms with E-state index >= 15 is 0 Å². The summed E-state index contributed by atoms with van der Waals surface area (Å²) in [7, 11) is 0. The number of amides is 2. The largest absolute Gasteiger partial charge is 0.484 e. The van der Waals surface area contributed by atoms with Crippen LogP contribution >= 0.6 is 23.2 Å². The van der Waals surface area contributed by atoms with Gasteiger partial charge in [0.2, 0.25) is 0 Å². The number of nitrogens with one attached hydrogen (secondary N) is 3. The molecule has 0 unspecified atom stereocenters. The van der Waals surface area contributed by atoms with Gasteiger partial charge in [-0.2, -0.15) is 13.2 Å². The highest BCUT2D eigenvalue weighted by molar-refractivity contribution is 6.31. The van der Waals surface area contributed by atoms with Crippen molar-refractivity contribution >= 4 is 35.0 Å². The van der Waals surface area contributed by atoms with Gasteiger partial charge in [-0.1, -0.05) is 29.8 Å². The summed E-state index contributed by atoms with van der Waals surface area (Å²) in [5, 5.41) is 7.78. The number of carbonyl (C=O) groups is 2. The summed E-state index contributed by atoms with van der Waals surface area (Å²) in [4.78, 5) is 24.7. The number of hydrogen-bond acceptors (Lipinski definition) is 5. The quantitative estimate of drug-likeness (QED) is 0.365. The molecule has 1 aliphatic rings. The van der Waals surface area contributed by atoms with Gasteiger partial charge < -0.3 is 25.4 Å². The molecule has 0 spiro atoms. The zero-order valence-corrected chi connectivity index (χ0v) is 20.8. The van der Waals surface area contributed by atoms with Gasteiger partial charge in [-0.15, -0.1) is 0 Å². The maximum atomic E-state index is 13.4. The number of benzene rings is 2. The van der Waals surface area contributed by atoms with Gasteiger partial charge in [-0.25, -0.2) is 4.39 Å². The Bertz CT molecular complexity index is 1160. The predicted octanol–water partition coefficient (Wildman–Crippen LogP) is 4.69. The van der Waals surface area contributed by atoms with Gasteiger partial charge in [0, 0.05) is 47.8 Å². The fourth-order valence-corrected chi connectivity index (χ4v) is 3.77. The van der Waals surface area contributed by atoms with Crippen LogP contribution in [0.25, 0.3) is 0 Å². The molecule has 0 aromatic heterocycles. The molecule has 0 fully saturated rings. The minimum absolute atomic E-state index is 0.0676. The molecule has 0 bridgehead atoms. The maximum Gasteiger partial charge on any atom is 0.401 e. The Morgan fingerprint density at radius 3 is 2.62 bits per heavy atom. The third-order valence-corrected chi connectivity index (χ3v) is 5.76. The number of halogens is 6. The Morgan fingerprint density at radius 2 is 1.92 bits per heavy atom. The number of ether oxygens (including phenoxy) is 2. The molecule has 13 heteroatoms. The summed E-state index contributed by atoms with van der Waals surface area (Å²) in [6.07, 6.45) is -5.42. The zero-order chi connectivity index (χ0) is 27.2. The van der Waals surface area contributed by atoms with Crippen LogP contribution < -0.4 is 25.4 Å². The van der Waals surface area contributed by atoms with E-state index < -0.39 is 42.5 Å². The molecule has 37 heavy (non-hydrogen) atoms. The molecular formula is C24H23Cl2F4N3O4. The van der Waals surface area contributed by atoms with Crippen molar-refractivity contribution in [2.24, 2.45) is 0 Å². The summed E-state index contributed by atoms with van der Waals surface area (Å²) < 4.78 is 62.6. The van der Waals surface area contributed by atoms with Gasteiger partial charge in [0.15, 0.2) is 12.7 Å². The minimum Gasteiger partial charge on any atom is -0.484 e. The molecule has 0 saturated heterocycles. The Hall–Kier alpha value is -3.02. The molecule has 2 aromatic carbocycles. The van der Waals surface area contributed by atoms with E-state index in [0.29, 0.717) is 10.6 Å². The Morgan fingerprint density at radius 1 is 1.16 bits per heavy atom. The van der Waals surface area contributed by atoms with E-state index in [1.54, 1.807) is 0 Å². The summed E-state index contributed by atoms with van der Waals surface area (Å²) in [6.45, 7) is 2.23. The van der Waals surface area contributed by atoms with E-state index in [9.17, 15) is 27.2 Å². The molecule has 3 rings (SSSR count). The van der Waals surface area contributed by atoms with Gasteiger partial charge in [-0.3, -0.25) is 9.59 Å². The summed E-state index contributed by atoms with van der Waals surface area (Å²) >= 11 is 11.6. The topological polar surface area (TPSA) is 88.7 Å². The third kappa shape index (κ3) is 8.80. The van der Waals surface area contributed by atoms with E-state index in [0.717, 1.165) is 6.07 Å². The van der Waals surface area contributed by atoms with Gasteiger partial charge in [0.05, 0.1) is 11.6 Å². The van der Waals surface area contributed by atoms with E-state index in [1.165, 1.54) is 30.3 Å². The number of rotatable bonds is 10. The van der Waals surface area contributed by atoms with Crippen molar-refractivity contribution in [1.29, 1.82) is 0 Å². The number of fused-ring (bicyclic) bond motifs is 1. The number of hydrogen-bond donors (Lipinski definition) is 3. The average Bonchev–Trinajstić information content (AvgIpc) is 2.82. The Labute approximate surface area is 220 Å². The lowest BCUT2D eigenvalue weighted by atomic mass is 9.96. The monoisotopic (exact) mass is 563 g/mol. The lowest BCUT2D eigenvalue weighted by Crippen LogP contribution is -2.44. The molecule has 1 aliphatic heterocycles. The van der Waals surface area contributed by atoms with Gasteiger partial charge >= 0.3 is 6.18 Å². The molecule has 2 atom stereocenters. The van der Waals surface area contributed by atoms with Crippen LogP contribution in [0.2, 0.25) is 10.0 Å². The summed E-state index contributed by atoms with van der Waals surface area (Å²) in [5.74, 6) is -1.38. The van der Waals surface area contributed by atoms with Crippen LogP contribution in [0.4, 0.5) is 17.6 Å². The number of carbonyl (C=O) groups excluding carboxylic acids is 2. The summed E-state index contributed by atoms with van der Waals surface area (Å²) in [5.41, 5.74) is 0.683. The standard InChI is InChI=1S/C24H23Cl2F4N3O4/c1-13(6-7-31-22(34)11-36-15-3-4-17(26)18(27)9-15)33-23(35)21-10-19(32-12-24(28,29)30)16-8-14(25)2-5-20(16)37-21/h2-5,8-9,19,21,32H,1,6-7,10-12H2,(H,31,34)(H,33,35)/t19-,21+/m1/s1. The fraction of sp³-hybridized carbons (Fsp3) is 0.333. The smallest absolute Gasteiger partial charge is 0.401 e. The second-order valence-electron chi connectivity index (χ2n) is 8.13. The van der Waals surface area contributed by atoms with Crippen molar-refractivity contribution in [3.63, 3.8) is 0 Å². The van der Waals surface area contributed by atoms with E-state index in [1.807, 2.05) is 0 Å². The molecule has 2 amide bonds. The molecule has 0 radical (unpaired) electrons. The first-order valence-corrected chi connectivity index (χ1v) is 11.8. The predicted molar refractivity (Wildman–Crippen MR) is 129 cm³/mol. The first kappa shape index (κ1) is 28.5. The van der Waals surface area contributed by atoms with Gasteiger partial charge in [0.1, 0.15) is 17.3 Å². The van der Waals surface area contributed by atoms with Crippen LogP contribution in [-0.4, -0.2) is 43.8 Å². The zero-order valence-electron chi connectivity index (χ0n) is 19.3. The summed E-state index contributed by atoms with van der Waals surface area (Å²) in [6, 6.07) is 7.45. The molecule has 3 N–H and O–H groups in total. The second-order valence-corrected chi connectivity index (χ2v) is 8.97.